The summed E-state index contributed by atoms with van der Waals surface area (Å²) in [5.74, 6) is -5.23. The molecule has 10 nitrogen and oxygen atoms in total. The lowest BCUT2D eigenvalue weighted by molar-refractivity contribution is 0.0129. The summed E-state index contributed by atoms with van der Waals surface area (Å²) in [6.45, 7) is 0. The Morgan fingerprint density at radius 3 is 1.41 bits per heavy atom. The van der Waals surface area contributed by atoms with Crippen LogP contribution in [-0.2, 0) is 0 Å². The third-order valence-corrected chi connectivity index (χ3v) is 7.44. The van der Waals surface area contributed by atoms with Crippen LogP contribution in [0.2, 0.25) is 0 Å². The predicted octanol–water partition coefficient (Wildman–Crippen LogP) is 4.79. The van der Waals surface area contributed by atoms with Crippen molar-refractivity contribution in [3.05, 3.63) is 95.1 Å². The monoisotopic (exact) mass is 556 g/mol. The molecule has 0 saturated heterocycles. The lowest BCUT2D eigenvalue weighted by Crippen LogP contribution is -2.45. The molecule has 0 aliphatic carbocycles. The van der Waals surface area contributed by atoms with Crippen LogP contribution in [0, 0.1) is 11.8 Å². The van der Waals surface area contributed by atoms with Crippen LogP contribution < -0.4 is 14.2 Å². The molecule has 0 aromatic heterocycles. The second-order valence-corrected chi connectivity index (χ2v) is 9.90. The zero-order valence-corrected chi connectivity index (χ0v) is 21.5. The van der Waals surface area contributed by atoms with E-state index in [-0.39, 0.29) is 39.9 Å². The molecular weight excluding hydrogens is 532 g/mol. The average Bonchev–Trinajstić information content (AvgIpc) is 2.93. The van der Waals surface area contributed by atoms with Gasteiger partial charge in [0, 0.05) is 24.3 Å². The number of rotatable bonds is 4. The van der Waals surface area contributed by atoms with Gasteiger partial charge in [0.2, 0.25) is 0 Å². The van der Waals surface area contributed by atoms with E-state index in [1.165, 1.54) is 43.5 Å². The number of aromatic hydroxyl groups is 5. The van der Waals surface area contributed by atoms with Crippen LogP contribution in [0.25, 0.3) is 0 Å². The largest absolute Gasteiger partial charge is 0.508 e. The molecule has 0 saturated carbocycles. The second-order valence-electron chi connectivity index (χ2n) is 9.90. The van der Waals surface area contributed by atoms with E-state index in [2.05, 4.69) is 0 Å². The van der Waals surface area contributed by atoms with Gasteiger partial charge in [-0.15, -0.1) is 0 Å². The molecule has 0 amide bonds. The first-order chi connectivity index (χ1) is 19.7. The molecule has 0 bridgehead atoms. The maximum Gasteiger partial charge on any atom is 0.178 e. The van der Waals surface area contributed by atoms with E-state index in [4.69, 9.17) is 14.2 Å². The average molecular weight is 557 g/mol. The van der Waals surface area contributed by atoms with Crippen molar-refractivity contribution >= 4 is 11.6 Å². The Kier molecular flexibility index (Phi) is 6.10. The number of hydrogen-bond donors (Lipinski definition) is 5. The molecule has 0 radical (unpaired) electrons. The minimum atomic E-state index is -1.30. The minimum Gasteiger partial charge on any atom is -0.508 e. The normalized spacial score (nSPS) is 21.3. The Labute approximate surface area is 233 Å². The molecule has 41 heavy (non-hydrogen) atoms. The van der Waals surface area contributed by atoms with Gasteiger partial charge in [-0.2, -0.15) is 0 Å². The van der Waals surface area contributed by atoms with E-state index >= 15 is 0 Å². The van der Waals surface area contributed by atoms with Crippen molar-refractivity contribution in [3.8, 4) is 46.0 Å². The molecule has 6 rings (SSSR count). The van der Waals surface area contributed by atoms with E-state index in [1.807, 2.05) is 0 Å². The smallest absolute Gasteiger partial charge is 0.178 e. The van der Waals surface area contributed by atoms with Gasteiger partial charge >= 0.3 is 0 Å². The number of methoxy groups -OCH3 is 1. The van der Waals surface area contributed by atoms with Crippen LogP contribution in [0.3, 0.4) is 0 Å². The van der Waals surface area contributed by atoms with Gasteiger partial charge < -0.3 is 39.7 Å². The highest BCUT2D eigenvalue weighted by Gasteiger charge is 2.53. The molecule has 4 aromatic rings. The second kappa shape index (κ2) is 9.67. The van der Waals surface area contributed by atoms with Crippen molar-refractivity contribution in [2.45, 2.75) is 12.2 Å². The van der Waals surface area contributed by atoms with Crippen LogP contribution in [0.15, 0.2) is 72.8 Å². The summed E-state index contributed by atoms with van der Waals surface area (Å²) >= 11 is 0. The van der Waals surface area contributed by atoms with Crippen LogP contribution >= 0.6 is 0 Å². The SMILES string of the molecule is COc1ccc([C@H]2Oc3cc(O)cc(O)c3C(=O)[C@@H]2[C@H]2C(=O)c3c(O)cc(O)cc3O[C@@H]2c2ccc(O)cc2)cc1. The van der Waals surface area contributed by atoms with Gasteiger partial charge in [0.05, 0.1) is 18.9 Å². The fourth-order valence-electron chi connectivity index (χ4n) is 5.59. The molecular formula is C31H24O10. The number of carbonyl (C=O) groups excluding carboxylic acids is 2. The number of phenols is 5. The van der Waals surface area contributed by atoms with Crippen molar-refractivity contribution in [3.63, 3.8) is 0 Å². The third-order valence-electron chi connectivity index (χ3n) is 7.44. The van der Waals surface area contributed by atoms with E-state index in [0.717, 1.165) is 12.1 Å². The van der Waals surface area contributed by atoms with Gasteiger partial charge in [0.25, 0.3) is 0 Å². The van der Waals surface area contributed by atoms with Gasteiger partial charge in [-0.25, -0.2) is 0 Å². The fraction of sp³-hybridized carbons (Fsp3) is 0.161. The Balaban J connectivity index is 1.58. The number of ketones is 2. The van der Waals surface area contributed by atoms with Gasteiger partial charge in [0.15, 0.2) is 11.6 Å². The van der Waals surface area contributed by atoms with Gasteiger partial charge in [-0.1, -0.05) is 24.3 Å². The Bertz CT molecular complexity index is 1680. The van der Waals surface area contributed by atoms with Crippen molar-refractivity contribution in [2.75, 3.05) is 7.11 Å². The van der Waals surface area contributed by atoms with Crippen molar-refractivity contribution in [2.24, 2.45) is 11.8 Å². The van der Waals surface area contributed by atoms with E-state index < -0.39 is 47.1 Å². The van der Waals surface area contributed by atoms with Gasteiger partial charge in [-0.05, 0) is 35.4 Å². The molecule has 4 atom stereocenters. The summed E-state index contributed by atoms with van der Waals surface area (Å²) < 4.78 is 17.7. The summed E-state index contributed by atoms with van der Waals surface area (Å²) in [5, 5.41) is 51.4. The topological polar surface area (TPSA) is 163 Å². The number of ether oxygens (including phenoxy) is 3. The Morgan fingerprint density at radius 1 is 0.585 bits per heavy atom. The van der Waals surface area contributed by atoms with Crippen LogP contribution in [-0.4, -0.2) is 44.2 Å². The third kappa shape index (κ3) is 4.29. The summed E-state index contributed by atoms with van der Waals surface area (Å²) in [6, 6.07) is 17.0. The van der Waals surface area contributed by atoms with Crippen LogP contribution in [0.4, 0.5) is 0 Å². The quantitative estimate of drug-likeness (QED) is 0.236. The van der Waals surface area contributed by atoms with Crippen LogP contribution in [0.5, 0.6) is 46.0 Å². The van der Waals surface area contributed by atoms with Crippen molar-refractivity contribution in [1.82, 2.24) is 0 Å². The zero-order valence-electron chi connectivity index (χ0n) is 21.5. The lowest BCUT2D eigenvalue weighted by Gasteiger charge is -2.42. The minimum absolute atomic E-state index is 0.0324. The van der Waals surface area contributed by atoms with E-state index in [9.17, 15) is 35.1 Å². The molecule has 10 heteroatoms. The molecule has 0 unspecified atom stereocenters. The Morgan fingerprint density at radius 2 is 1.00 bits per heavy atom. The summed E-state index contributed by atoms with van der Waals surface area (Å²) in [7, 11) is 1.50. The molecule has 2 heterocycles. The summed E-state index contributed by atoms with van der Waals surface area (Å²) in [6.07, 6.45) is -2.23. The summed E-state index contributed by atoms with van der Waals surface area (Å²) in [5.41, 5.74) is 0.493. The van der Waals surface area contributed by atoms with Crippen molar-refractivity contribution in [1.29, 1.82) is 0 Å². The van der Waals surface area contributed by atoms with Gasteiger partial charge in [-0.3, -0.25) is 9.59 Å². The molecule has 2 aliphatic rings. The molecule has 2 aliphatic heterocycles. The van der Waals surface area contributed by atoms with Crippen LogP contribution in [0.1, 0.15) is 44.1 Å². The zero-order chi connectivity index (χ0) is 29.0. The first-order valence-electron chi connectivity index (χ1n) is 12.6. The molecule has 0 fully saturated rings. The highest BCUT2D eigenvalue weighted by molar-refractivity contribution is 6.11. The number of carbonyl (C=O) groups is 2. The van der Waals surface area contributed by atoms with Crippen molar-refractivity contribution < 1.29 is 49.3 Å². The van der Waals surface area contributed by atoms with E-state index in [0.29, 0.717) is 16.9 Å². The first-order valence-corrected chi connectivity index (χ1v) is 12.6. The standard InChI is InChI=1S/C31H24O10/c1-39-19-8-4-15(5-9-19)31-27(29(38)25-21(36)11-18(34)13-23(25)41-31)26-28(37)24-20(35)10-17(33)12-22(24)40-30(26)14-2-6-16(32)7-3-14/h2-13,26-27,30-36H,1H3/t26-,27-,30+,31+/m0/s1. The number of Topliss-reactive ketones (excluding diaryl/α,β-unsaturated/α-hetero) is 2. The number of phenolic OH excluding ortho intramolecular Hbond substituents is 5. The fourth-order valence-corrected chi connectivity index (χ4v) is 5.59. The maximum absolute atomic E-state index is 14.3. The molecule has 5 N–H and O–H groups in total. The molecule has 4 aromatic carbocycles. The molecule has 0 spiro atoms. The van der Waals surface area contributed by atoms with Gasteiger partial charge in [0.1, 0.15) is 69.3 Å². The highest BCUT2D eigenvalue weighted by atomic mass is 16.5. The molecule has 208 valence electrons. The maximum atomic E-state index is 14.3. The number of benzene rings is 4. The number of fused-ring (bicyclic) bond motifs is 2. The number of hydrogen-bond acceptors (Lipinski definition) is 10. The van der Waals surface area contributed by atoms with E-state index in [1.54, 1.807) is 24.3 Å². The summed E-state index contributed by atoms with van der Waals surface area (Å²) in [4.78, 5) is 28.6. The predicted molar refractivity (Wildman–Crippen MR) is 143 cm³/mol. The lowest BCUT2D eigenvalue weighted by atomic mass is 9.69. The highest BCUT2D eigenvalue weighted by Crippen LogP contribution is 2.53. The Hall–Kier alpha value is -5.38. The first kappa shape index (κ1) is 25.9.